The quantitative estimate of drug-likeness (QED) is 0.787. The van der Waals surface area contributed by atoms with Crippen molar-refractivity contribution in [3.8, 4) is 23.9 Å². The first-order valence-electron chi connectivity index (χ1n) is 5.10. The maximum Gasteiger partial charge on any atom is 0.361 e. The minimum Gasteiger partial charge on any atom is -0.422 e. The third-order valence-electron chi connectivity index (χ3n) is 2.01. The number of nitrogens with one attached hydrogen (secondary N) is 2. The van der Waals surface area contributed by atoms with E-state index >= 15 is 0 Å². The lowest BCUT2D eigenvalue weighted by atomic mass is 10.3. The molecular weight excluding hydrogens is 246 g/mol. The Morgan fingerprint density at radius 1 is 1.26 bits per heavy atom. The number of nitriles is 2. The first-order chi connectivity index (χ1) is 9.31. The van der Waals surface area contributed by atoms with Crippen LogP contribution in [0.1, 0.15) is 0 Å². The summed E-state index contributed by atoms with van der Waals surface area (Å²) in [7, 11) is 0. The SMILES string of the molecule is N#CC(C#N)=CNc1ccc(Oc2nn[nH]n2)cc1. The smallest absolute Gasteiger partial charge is 0.361 e. The van der Waals surface area contributed by atoms with E-state index in [0.29, 0.717) is 11.4 Å². The lowest BCUT2D eigenvalue weighted by Gasteiger charge is -2.03. The van der Waals surface area contributed by atoms with Gasteiger partial charge in [0.25, 0.3) is 0 Å². The van der Waals surface area contributed by atoms with E-state index in [4.69, 9.17) is 15.3 Å². The van der Waals surface area contributed by atoms with Crippen LogP contribution in [0.3, 0.4) is 0 Å². The van der Waals surface area contributed by atoms with E-state index in [0.717, 1.165) is 0 Å². The highest BCUT2D eigenvalue weighted by Gasteiger charge is 2.01. The molecule has 0 fully saturated rings. The predicted octanol–water partition coefficient (Wildman–Crippen LogP) is 1.33. The molecule has 0 unspecified atom stereocenters. The molecule has 2 aromatic rings. The molecule has 0 saturated heterocycles. The van der Waals surface area contributed by atoms with Crippen molar-refractivity contribution in [1.82, 2.24) is 20.6 Å². The number of benzene rings is 1. The van der Waals surface area contributed by atoms with Gasteiger partial charge in [-0.05, 0) is 29.5 Å². The molecule has 0 bridgehead atoms. The predicted molar refractivity (Wildman–Crippen MR) is 63.6 cm³/mol. The second kappa shape index (κ2) is 5.80. The van der Waals surface area contributed by atoms with Crippen LogP contribution in [0, 0.1) is 22.7 Å². The Hall–Kier alpha value is -3.39. The number of allylic oxidation sites excluding steroid dienone is 1. The van der Waals surface area contributed by atoms with E-state index in [1.807, 2.05) is 0 Å². The third kappa shape index (κ3) is 3.28. The van der Waals surface area contributed by atoms with Gasteiger partial charge in [0.15, 0.2) is 0 Å². The molecule has 92 valence electrons. The molecule has 8 nitrogen and oxygen atoms in total. The molecule has 19 heavy (non-hydrogen) atoms. The molecule has 0 amide bonds. The van der Waals surface area contributed by atoms with Gasteiger partial charge >= 0.3 is 6.01 Å². The van der Waals surface area contributed by atoms with Gasteiger partial charge in [-0.2, -0.15) is 15.7 Å². The average molecular weight is 253 g/mol. The van der Waals surface area contributed by atoms with Gasteiger partial charge in [0.1, 0.15) is 23.5 Å². The zero-order chi connectivity index (χ0) is 13.5. The summed E-state index contributed by atoms with van der Waals surface area (Å²) in [5.41, 5.74) is 0.704. The first kappa shape index (κ1) is 12.1. The van der Waals surface area contributed by atoms with E-state index in [-0.39, 0.29) is 11.6 Å². The summed E-state index contributed by atoms with van der Waals surface area (Å²) in [5.74, 6) is 0.539. The number of tetrazole rings is 1. The largest absolute Gasteiger partial charge is 0.422 e. The standard InChI is InChI=1S/C11H7N7O/c12-5-8(6-13)7-14-9-1-3-10(4-2-9)19-11-15-17-18-16-11/h1-4,7,14H,(H,15,16,17,18). The van der Waals surface area contributed by atoms with Gasteiger partial charge in [-0.3, -0.25) is 0 Å². The number of rotatable bonds is 4. The van der Waals surface area contributed by atoms with Gasteiger partial charge in [-0.25, -0.2) is 0 Å². The van der Waals surface area contributed by atoms with Crippen molar-refractivity contribution in [2.24, 2.45) is 0 Å². The fourth-order valence-electron chi connectivity index (χ4n) is 1.17. The lowest BCUT2D eigenvalue weighted by Crippen LogP contribution is -1.90. The Balaban J connectivity index is 2.01. The van der Waals surface area contributed by atoms with Gasteiger partial charge in [0.05, 0.1) is 0 Å². The molecule has 1 aromatic carbocycles. The monoisotopic (exact) mass is 253 g/mol. The number of hydrogen-bond acceptors (Lipinski definition) is 7. The second-order valence-corrected chi connectivity index (χ2v) is 3.25. The molecule has 2 N–H and O–H groups in total. The molecule has 0 radical (unpaired) electrons. The Morgan fingerprint density at radius 2 is 2.00 bits per heavy atom. The number of aromatic amines is 1. The summed E-state index contributed by atoms with van der Waals surface area (Å²) in [6.07, 6.45) is 1.33. The van der Waals surface area contributed by atoms with E-state index in [1.165, 1.54) is 6.20 Å². The van der Waals surface area contributed by atoms with Gasteiger partial charge in [0, 0.05) is 11.9 Å². The van der Waals surface area contributed by atoms with Crippen LogP contribution in [0.15, 0.2) is 36.0 Å². The van der Waals surface area contributed by atoms with Crippen molar-refractivity contribution in [3.63, 3.8) is 0 Å². The second-order valence-electron chi connectivity index (χ2n) is 3.25. The van der Waals surface area contributed by atoms with Crippen molar-refractivity contribution in [2.75, 3.05) is 5.32 Å². The zero-order valence-electron chi connectivity index (χ0n) is 9.53. The van der Waals surface area contributed by atoms with E-state index in [2.05, 4.69) is 25.9 Å². The Kier molecular flexibility index (Phi) is 3.68. The molecule has 0 aliphatic rings. The first-order valence-corrected chi connectivity index (χ1v) is 5.10. The van der Waals surface area contributed by atoms with Crippen LogP contribution in [0.5, 0.6) is 11.8 Å². The molecule has 0 saturated carbocycles. The Labute approximate surface area is 107 Å². The summed E-state index contributed by atoms with van der Waals surface area (Å²) in [6.45, 7) is 0. The molecule has 0 spiro atoms. The number of aromatic nitrogens is 4. The van der Waals surface area contributed by atoms with Crippen molar-refractivity contribution < 1.29 is 4.74 Å². The summed E-state index contributed by atoms with van der Waals surface area (Å²) in [5, 5.41) is 32.9. The minimum atomic E-state index is -0.00729. The molecule has 8 heteroatoms. The van der Waals surface area contributed by atoms with Gasteiger partial charge in [0.2, 0.25) is 0 Å². The van der Waals surface area contributed by atoms with Crippen molar-refractivity contribution in [1.29, 1.82) is 10.5 Å². The highest BCUT2D eigenvalue weighted by Crippen LogP contribution is 2.19. The fourth-order valence-corrected chi connectivity index (χ4v) is 1.17. The van der Waals surface area contributed by atoms with Crippen LogP contribution in [0.25, 0.3) is 0 Å². The maximum absolute atomic E-state index is 8.57. The fraction of sp³-hybridized carbons (Fsp3) is 0. The molecule has 0 aliphatic carbocycles. The van der Waals surface area contributed by atoms with Gasteiger partial charge < -0.3 is 10.1 Å². The number of hydrogen-bond donors (Lipinski definition) is 2. The normalized spacial score (nSPS) is 8.95. The number of anilines is 1. The Bertz CT molecular complexity index is 630. The molecule has 2 rings (SSSR count). The van der Waals surface area contributed by atoms with Crippen LogP contribution in [-0.4, -0.2) is 20.6 Å². The number of ether oxygens (including phenoxy) is 1. The van der Waals surface area contributed by atoms with Crippen LogP contribution in [0.4, 0.5) is 5.69 Å². The topological polar surface area (TPSA) is 123 Å². The lowest BCUT2D eigenvalue weighted by molar-refractivity contribution is 0.442. The van der Waals surface area contributed by atoms with E-state index in [1.54, 1.807) is 36.4 Å². The summed E-state index contributed by atoms with van der Waals surface area (Å²) in [6, 6.07) is 10.4. The Morgan fingerprint density at radius 3 is 2.58 bits per heavy atom. The van der Waals surface area contributed by atoms with Gasteiger partial charge in [-0.15, -0.1) is 0 Å². The van der Waals surface area contributed by atoms with Crippen molar-refractivity contribution in [2.45, 2.75) is 0 Å². The van der Waals surface area contributed by atoms with Gasteiger partial charge in [-0.1, -0.05) is 10.2 Å². The number of nitrogens with zero attached hydrogens (tertiary/aromatic N) is 5. The molecule has 1 heterocycles. The average Bonchev–Trinajstić information content (AvgIpc) is 2.95. The van der Waals surface area contributed by atoms with Crippen LogP contribution in [0.2, 0.25) is 0 Å². The highest BCUT2D eigenvalue weighted by atomic mass is 16.5. The third-order valence-corrected chi connectivity index (χ3v) is 2.01. The van der Waals surface area contributed by atoms with Crippen LogP contribution in [-0.2, 0) is 0 Å². The molecule has 1 aromatic heterocycles. The van der Waals surface area contributed by atoms with Crippen molar-refractivity contribution >= 4 is 5.69 Å². The maximum atomic E-state index is 8.57. The van der Waals surface area contributed by atoms with E-state index < -0.39 is 0 Å². The number of H-pyrrole nitrogens is 1. The van der Waals surface area contributed by atoms with Crippen molar-refractivity contribution in [3.05, 3.63) is 36.0 Å². The minimum absolute atomic E-state index is 0.00729. The van der Waals surface area contributed by atoms with Crippen LogP contribution >= 0.6 is 0 Å². The van der Waals surface area contributed by atoms with Crippen LogP contribution < -0.4 is 10.1 Å². The molecular formula is C11H7N7O. The van der Waals surface area contributed by atoms with E-state index in [9.17, 15) is 0 Å². The molecule has 0 aliphatic heterocycles. The zero-order valence-corrected chi connectivity index (χ0v) is 9.53. The summed E-state index contributed by atoms with van der Waals surface area (Å²) >= 11 is 0. The molecule has 0 atom stereocenters. The summed E-state index contributed by atoms with van der Waals surface area (Å²) in [4.78, 5) is 0. The highest BCUT2D eigenvalue weighted by molar-refractivity contribution is 5.51. The summed E-state index contributed by atoms with van der Waals surface area (Å²) < 4.78 is 5.28.